The average molecular weight is 689 g/mol. The normalized spacial score (nSPS) is 12.8. The lowest BCUT2D eigenvalue weighted by molar-refractivity contribution is -0.870. The molecule has 0 fully saturated rings. The summed E-state index contributed by atoms with van der Waals surface area (Å²) >= 11 is 0. The number of ether oxygens (including phenoxy) is 5. The predicted octanol–water partition coefficient (Wildman–Crippen LogP) is 6.43. The zero-order valence-corrected chi connectivity index (χ0v) is 29.3. The van der Waals surface area contributed by atoms with Crippen LogP contribution in [0.25, 0.3) is 0 Å². The third-order valence-corrected chi connectivity index (χ3v) is 7.89. The highest BCUT2D eigenvalue weighted by Crippen LogP contribution is 2.43. The molecule has 1 atom stereocenters. The van der Waals surface area contributed by atoms with Gasteiger partial charge in [0.25, 0.3) is 0 Å². The Morgan fingerprint density at radius 3 is 1.67 bits per heavy atom. The smallest absolute Gasteiger partial charge is 0.472 e. The van der Waals surface area contributed by atoms with E-state index in [4.69, 9.17) is 32.7 Å². The molecule has 1 unspecified atom stereocenters. The zero-order valence-electron chi connectivity index (χ0n) is 28.4. The molecule has 48 heavy (non-hydrogen) atoms. The Hall–Kier alpha value is -3.28. The molecule has 0 radical (unpaired) electrons. The average Bonchev–Trinajstić information content (AvgIpc) is 3.05. The summed E-state index contributed by atoms with van der Waals surface area (Å²) in [6.45, 7) is 3.37. The first-order chi connectivity index (χ1) is 23.1. The molecule has 3 rings (SSSR count). The minimum Gasteiger partial charge on any atom is -0.491 e. The van der Waals surface area contributed by atoms with E-state index in [9.17, 15) is 14.3 Å². The Kier molecular flexibility index (Phi) is 17.7. The molecule has 1 N–H and O–H groups in total. The number of hydrogen-bond donors (Lipinski definition) is 1. The number of hydrogen-bond acceptors (Lipinski definition) is 9. The molecular formula is C36H51NO10P+. The molecule has 264 valence electrons. The number of likely N-dealkylation sites (N-methyl/N-ethyl adjacent to an activating group) is 1. The number of phosphoric ester groups is 1. The Labute approximate surface area is 284 Å². The highest BCUT2D eigenvalue weighted by atomic mass is 31.2. The number of quaternary nitrogens is 1. The Morgan fingerprint density at radius 1 is 0.646 bits per heavy atom. The number of carbonyl (C=O) groups excluding carboxylic acids is 1. The zero-order chi connectivity index (χ0) is 34.5. The van der Waals surface area contributed by atoms with Gasteiger partial charge in [-0.1, -0.05) is 67.1 Å². The highest BCUT2D eigenvalue weighted by molar-refractivity contribution is 7.47. The van der Waals surface area contributed by atoms with Gasteiger partial charge < -0.3 is 33.1 Å². The van der Waals surface area contributed by atoms with E-state index in [-0.39, 0.29) is 19.8 Å². The summed E-state index contributed by atoms with van der Waals surface area (Å²) in [4.78, 5) is 22.7. The summed E-state index contributed by atoms with van der Waals surface area (Å²) < 4.78 is 51.4. The van der Waals surface area contributed by atoms with Crippen LogP contribution in [0, 0.1) is 0 Å². The quantitative estimate of drug-likeness (QED) is 0.0462. The molecule has 0 amide bonds. The van der Waals surface area contributed by atoms with Crippen LogP contribution in [0.3, 0.4) is 0 Å². The van der Waals surface area contributed by atoms with Crippen molar-refractivity contribution in [2.45, 2.75) is 38.9 Å². The summed E-state index contributed by atoms with van der Waals surface area (Å²) in [5.41, 5.74) is 2.47. The van der Waals surface area contributed by atoms with Crippen LogP contribution in [0.5, 0.6) is 11.5 Å². The van der Waals surface area contributed by atoms with Crippen LogP contribution in [0.1, 0.15) is 47.2 Å². The second-order valence-corrected chi connectivity index (χ2v) is 13.6. The fraction of sp³-hybridized carbons (Fsp3) is 0.472. The second-order valence-electron chi connectivity index (χ2n) is 12.2. The van der Waals surface area contributed by atoms with Crippen molar-refractivity contribution in [3.63, 3.8) is 0 Å². The molecule has 0 aliphatic carbocycles. The number of esters is 1. The Balaban J connectivity index is 1.40. The lowest BCUT2D eigenvalue weighted by Crippen LogP contribution is -2.37. The molecule has 0 aliphatic heterocycles. The number of phosphoric acid groups is 1. The molecule has 11 nitrogen and oxygen atoms in total. The van der Waals surface area contributed by atoms with E-state index in [0.717, 1.165) is 24.0 Å². The number of rotatable bonds is 25. The molecule has 0 spiro atoms. The van der Waals surface area contributed by atoms with Crippen molar-refractivity contribution in [1.82, 2.24) is 0 Å². The van der Waals surface area contributed by atoms with Crippen LogP contribution < -0.4 is 9.47 Å². The topological polar surface area (TPSA) is 119 Å². The van der Waals surface area contributed by atoms with Crippen LogP contribution >= 0.6 is 7.82 Å². The van der Waals surface area contributed by atoms with Crippen molar-refractivity contribution < 1.29 is 51.5 Å². The lowest BCUT2D eigenvalue weighted by atomic mass is 10.2. The van der Waals surface area contributed by atoms with E-state index >= 15 is 0 Å². The molecule has 0 saturated carbocycles. The molecule has 0 aromatic heterocycles. The summed E-state index contributed by atoms with van der Waals surface area (Å²) in [5.74, 6) is 0.452. The van der Waals surface area contributed by atoms with Crippen molar-refractivity contribution in [3.05, 3.63) is 95.6 Å². The molecule has 3 aromatic carbocycles. The van der Waals surface area contributed by atoms with Crippen molar-refractivity contribution in [2.24, 2.45) is 0 Å². The van der Waals surface area contributed by atoms with Crippen molar-refractivity contribution in [2.75, 3.05) is 73.9 Å². The monoisotopic (exact) mass is 688 g/mol. The van der Waals surface area contributed by atoms with Crippen molar-refractivity contribution in [1.29, 1.82) is 0 Å². The molecule has 0 bridgehead atoms. The van der Waals surface area contributed by atoms with E-state index in [1.165, 1.54) is 0 Å². The number of benzene rings is 3. The SMILES string of the molecule is C[N+](C)(C)CCOP(=O)(O)OCCCCCCOC(=O)c1cc(OCCOCc2ccccc2)cc(OCCOCc2ccccc2)c1. The minimum absolute atomic E-state index is 0.113. The summed E-state index contributed by atoms with van der Waals surface area (Å²) in [7, 11) is 1.86. The standard InChI is InChI=1S/C36H50NO10P/c1-37(2,3)18-21-47-48(39,40)46-20-13-5-4-12-19-45-36(38)33-26-34(43-24-22-41-29-31-14-8-6-9-15-31)28-35(27-33)44-25-23-42-30-32-16-10-7-11-17-32/h6-11,14-17,26-28H,4-5,12-13,18-25,29-30H2,1-3H3/p+1. The van der Waals surface area contributed by atoms with Gasteiger partial charge in [0.2, 0.25) is 0 Å². The molecule has 12 heteroatoms. The van der Waals surface area contributed by atoms with Gasteiger partial charge in [-0.3, -0.25) is 9.05 Å². The maximum Gasteiger partial charge on any atom is 0.472 e. The van der Waals surface area contributed by atoms with Gasteiger partial charge in [0.1, 0.15) is 37.9 Å². The van der Waals surface area contributed by atoms with E-state index in [0.29, 0.717) is 80.6 Å². The van der Waals surface area contributed by atoms with Crippen molar-refractivity contribution in [3.8, 4) is 11.5 Å². The molecule has 0 heterocycles. The Bertz CT molecular complexity index is 1300. The van der Waals surface area contributed by atoms with Crippen LogP contribution in [-0.2, 0) is 41.0 Å². The Morgan fingerprint density at radius 2 is 1.15 bits per heavy atom. The maximum atomic E-state index is 12.9. The molecule has 3 aromatic rings. The van der Waals surface area contributed by atoms with Gasteiger partial charge in [-0.25, -0.2) is 9.36 Å². The fourth-order valence-corrected chi connectivity index (χ4v) is 5.02. The van der Waals surface area contributed by atoms with Gasteiger partial charge in [0.15, 0.2) is 0 Å². The molecule has 0 saturated heterocycles. The molecule has 0 aliphatic rings. The van der Waals surface area contributed by atoms with Gasteiger partial charge >= 0.3 is 13.8 Å². The van der Waals surface area contributed by atoms with Crippen molar-refractivity contribution >= 4 is 13.8 Å². The van der Waals surface area contributed by atoms with Crippen LogP contribution in [0.2, 0.25) is 0 Å². The lowest BCUT2D eigenvalue weighted by Gasteiger charge is -2.24. The fourth-order valence-electron chi connectivity index (χ4n) is 4.27. The van der Waals surface area contributed by atoms with Crippen LogP contribution in [0.15, 0.2) is 78.9 Å². The first kappa shape index (κ1) is 39.2. The summed E-state index contributed by atoms with van der Waals surface area (Å²) in [5, 5.41) is 0. The second kappa shape index (κ2) is 21.6. The molecular weight excluding hydrogens is 637 g/mol. The van der Waals surface area contributed by atoms with Crippen LogP contribution in [0.4, 0.5) is 0 Å². The van der Waals surface area contributed by atoms with E-state index in [1.54, 1.807) is 18.2 Å². The predicted molar refractivity (Wildman–Crippen MR) is 183 cm³/mol. The van der Waals surface area contributed by atoms with E-state index in [1.807, 2.05) is 81.8 Å². The highest BCUT2D eigenvalue weighted by Gasteiger charge is 2.22. The first-order valence-electron chi connectivity index (χ1n) is 16.3. The minimum atomic E-state index is -4.06. The first-order valence-corrected chi connectivity index (χ1v) is 17.8. The van der Waals surface area contributed by atoms with Crippen LogP contribution in [-0.4, -0.2) is 89.3 Å². The number of nitrogens with zero attached hydrogens (tertiary/aromatic N) is 1. The summed E-state index contributed by atoms with van der Waals surface area (Å²) in [6, 6.07) is 24.8. The number of unbranched alkanes of at least 4 members (excludes halogenated alkanes) is 3. The van der Waals surface area contributed by atoms with E-state index < -0.39 is 13.8 Å². The summed E-state index contributed by atoms with van der Waals surface area (Å²) in [6.07, 6.45) is 2.73. The van der Waals surface area contributed by atoms with Gasteiger partial charge in [-0.15, -0.1) is 0 Å². The van der Waals surface area contributed by atoms with Gasteiger partial charge in [-0.05, 0) is 42.5 Å². The third kappa shape index (κ3) is 17.8. The van der Waals surface area contributed by atoms with Gasteiger partial charge in [0.05, 0.1) is 66.3 Å². The number of carbonyl (C=O) groups is 1. The van der Waals surface area contributed by atoms with Gasteiger partial charge in [0, 0.05) is 6.07 Å². The van der Waals surface area contributed by atoms with E-state index in [2.05, 4.69) is 0 Å². The van der Waals surface area contributed by atoms with Gasteiger partial charge in [-0.2, -0.15) is 0 Å². The largest absolute Gasteiger partial charge is 0.491 e. The third-order valence-electron chi connectivity index (χ3n) is 6.87. The maximum absolute atomic E-state index is 12.9.